The van der Waals surface area contributed by atoms with E-state index in [1.807, 2.05) is 11.6 Å². The number of halogens is 1. The van der Waals surface area contributed by atoms with Crippen molar-refractivity contribution in [3.05, 3.63) is 36.4 Å². The van der Waals surface area contributed by atoms with Crippen LogP contribution in [0.25, 0.3) is 10.9 Å². The number of nitrogens with zero attached hydrogens (tertiary/aromatic N) is 6. The van der Waals surface area contributed by atoms with Gasteiger partial charge in [0.2, 0.25) is 0 Å². The van der Waals surface area contributed by atoms with Gasteiger partial charge in [0.05, 0.1) is 12.6 Å². The molecule has 1 aliphatic heterocycles. The molecular formula is C17H19FN6O. The van der Waals surface area contributed by atoms with Gasteiger partial charge >= 0.3 is 0 Å². The Balaban J connectivity index is 1.72. The summed E-state index contributed by atoms with van der Waals surface area (Å²) in [5, 5.41) is 9.03. The fourth-order valence-corrected chi connectivity index (χ4v) is 3.49. The lowest BCUT2D eigenvalue weighted by atomic mass is 9.97. The Kier molecular flexibility index (Phi) is 3.95. The lowest BCUT2D eigenvalue weighted by Gasteiger charge is -2.33. The van der Waals surface area contributed by atoms with Crippen LogP contribution in [0.3, 0.4) is 0 Å². The molecule has 1 aromatic carbocycles. The van der Waals surface area contributed by atoms with Crippen molar-refractivity contribution in [1.82, 2.24) is 24.7 Å². The number of rotatable bonds is 3. The summed E-state index contributed by atoms with van der Waals surface area (Å²) in [7, 11) is 3.42. The van der Waals surface area contributed by atoms with E-state index in [1.165, 1.54) is 19.5 Å². The van der Waals surface area contributed by atoms with Gasteiger partial charge in [0.15, 0.2) is 11.6 Å². The van der Waals surface area contributed by atoms with E-state index < -0.39 is 5.82 Å². The quantitative estimate of drug-likeness (QED) is 0.727. The van der Waals surface area contributed by atoms with Crippen molar-refractivity contribution in [2.75, 3.05) is 25.1 Å². The minimum Gasteiger partial charge on any atom is -0.494 e. The van der Waals surface area contributed by atoms with E-state index in [9.17, 15) is 4.39 Å². The highest BCUT2D eigenvalue weighted by molar-refractivity contribution is 5.90. The summed E-state index contributed by atoms with van der Waals surface area (Å²) in [5.41, 5.74) is 0.573. The Morgan fingerprint density at radius 3 is 2.92 bits per heavy atom. The van der Waals surface area contributed by atoms with Crippen molar-refractivity contribution in [2.45, 2.75) is 18.8 Å². The van der Waals surface area contributed by atoms with Gasteiger partial charge in [-0.1, -0.05) is 0 Å². The summed E-state index contributed by atoms with van der Waals surface area (Å²) < 4.78 is 21.1. The summed E-state index contributed by atoms with van der Waals surface area (Å²) in [5.74, 6) is 1.84. The fraction of sp³-hybridized carbons (Fsp3) is 0.412. The van der Waals surface area contributed by atoms with Gasteiger partial charge in [0.25, 0.3) is 0 Å². The molecule has 1 unspecified atom stereocenters. The van der Waals surface area contributed by atoms with Crippen LogP contribution >= 0.6 is 0 Å². The van der Waals surface area contributed by atoms with Gasteiger partial charge in [0.1, 0.15) is 24.3 Å². The zero-order chi connectivity index (χ0) is 17.4. The van der Waals surface area contributed by atoms with Crippen LogP contribution in [-0.2, 0) is 7.05 Å². The van der Waals surface area contributed by atoms with Gasteiger partial charge in [-0.15, -0.1) is 10.2 Å². The summed E-state index contributed by atoms with van der Waals surface area (Å²) in [6.45, 7) is 1.68. The first kappa shape index (κ1) is 15.7. The van der Waals surface area contributed by atoms with E-state index in [0.717, 1.165) is 43.0 Å². The first-order valence-electron chi connectivity index (χ1n) is 8.24. The molecule has 3 heterocycles. The van der Waals surface area contributed by atoms with Crippen molar-refractivity contribution >= 4 is 16.7 Å². The number of ether oxygens (including phenoxy) is 1. The standard InChI is InChI=1S/C17H19FN6O/c1-23-10-21-22-16(23)11-4-3-5-24(8-11)17-12-6-15(25-2)13(18)7-14(12)19-9-20-17/h6-7,9-11H,3-5,8H2,1-2H3. The average Bonchev–Trinajstić information content (AvgIpc) is 3.06. The average molecular weight is 342 g/mol. The topological polar surface area (TPSA) is 69.0 Å². The minimum absolute atomic E-state index is 0.199. The van der Waals surface area contributed by atoms with Crippen LogP contribution in [0.4, 0.5) is 10.2 Å². The van der Waals surface area contributed by atoms with Crippen molar-refractivity contribution in [2.24, 2.45) is 7.05 Å². The molecule has 0 radical (unpaired) electrons. The van der Waals surface area contributed by atoms with E-state index in [4.69, 9.17) is 4.74 Å². The largest absolute Gasteiger partial charge is 0.494 e. The van der Waals surface area contributed by atoms with Gasteiger partial charge in [-0.05, 0) is 18.9 Å². The second kappa shape index (κ2) is 6.27. The predicted octanol–water partition coefficient (Wildman–Crippen LogP) is 2.29. The highest BCUT2D eigenvalue weighted by Crippen LogP contribution is 2.33. The van der Waals surface area contributed by atoms with Crippen LogP contribution in [0.2, 0.25) is 0 Å². The monoisotopic (exact) mass is 342 g/mol. The Labute approximate surface area is 144 Å². The Morgan fingerprint density at radius 2 is 2.16 bits per heavy atom. The molecule has 130 valence electrons. The molecule has 1 fully saturated rings. The predicted molar refractivity (Wildman–Crippen MR) is 91.2 cm³/mol. The highest BCUT2D eigenvalue weighted by atomic mass is 19.1. The molecule has 1 saturated heterocycles. The number of hydrogen-bond donors (Lipinski definition) is 0. The van der Waals surface area contributed by atoms with Crippen LogP contribution in [0, 0.1) is 5.82 Å². The zero-order valence-corrected chi connectivity index (χ0v) is 14.2. The third-order valence-electron chi connectivity index (χ3n) is 4.72. The van der Waals surface area contributed by atoms with Crippen molar-refractivity contribution in [1.29, 1.82) is 0 Å². The molecule has 4 rings (SSSR count). The smallest absolute Gasteiger partial charge is 0.167 e. The molecule has 1 aliphatic rings. The molecule has 1 atom stereocenters. The number of fused-ring (bicyclic) bond motifs is 1. The second-order valence-corrected chi connectivity index (χ2v) is 6.29. The van der Waals surface area contributed by atoms with Gasteiger partial charge in [-0.25, -0.2) is 14.4 Å². The first-order chi connectivity index (χ1) is 12.2. The summed E-state index contributed by atoms with van der Waals surface area (Å²) >= 11 is 0. The fourth-order valence-electron chi connectivity index (χ4n) is 3.49. The molecule has 0 N–H and O–H groups in total. The Bertz CT molecular complexity index is 911. The second-order valence-electron chi connectivity index (χ2n) is 6.29. The number of methoxy groups -OCH3 is 1. The molecule has 0 amide bonds. The van der Waals surface area contributed by atoms with Crippen molar-refractivity contribution in [3.63, 3.8) is 0 Å². The van der Waals surface area contributed by atoms with E-state index in [-0.39, 0.29) is 11.7 Å². The molecule has 3 aromatic rings. The maximum atomic E-state index is 14.0. The van der Waals surface area contributed by atoms with Gasteiger partial charge in [-0.3, -0.25) is 0 Å². The number of anilines is 1. The normalized spacial score (nSPS) is 17.9. The molecule has 0 aliphatic carbocycles. The van der Waals surface area contributed by atoms with Crippen LogP contribution in [0.1, 0.15) is 24.6 Å². The lowest BCUT2D eigenvalue weighted by molar-refractivity contribution is 0.387. The SMILES string of the molecule is COc1cc2c(N3CCCC(c4nncn4C)C3)ncnc2cc1F. The summed E-state index contributed by atoms with van der Waals surface area (Å²) in [6, 6.07) is 3.06. The molecule has 0 bridgehead atoms. The minimum atomic E-state index is -0.421. The number of aromatic nitrogens is 5. The molecule has 8 heteroatoms. The van der Waals surface area contributed by atoms with Crippen LogP contribution in [0.15, 0.2) is 24.8 Å². The van der Waals surface area contributed by atoms with Crippen LogP contribution in [-0.4, -0.2) is 44.9 Å². The summed E-state index contributed by atoms with van der Waals surface area (Å²) in [6.07, 6.45) is 5.29. The molecule has 7 nitrogen and oxygen atoms in total. The van der Waals surface area contributed by atoms with E-state index >= 15 is 0 Å². The molecular weight excluding hydrogens is 323 g/mol. The zero-order valence-electron chi connectivity index (χ0n) is 14.2. The molecule has 0 spiro atoms. The maximum absolute atomic E-state index is 14.0. The summed E-state index contributed by atoms with van der Waals surface area (Å²) in [4.78, 5) is 10.9. The van der Waals surface area contributed by atoms with Crippen LogP contribution in [0.5, 0.6) is 5.75 Å². The number of piperidine rings is 1. The van der Waals surface area contributed by atoms with Gasteiger partial charge < -0.3 is 14.2 Å². The lowest BCUT2D eigenvalue weighted by Crippen LogP contribution is -2.36. The molecule has 25 heavy (non-hydrogen) atoms. The van der Waals surface area contributed by atoms with Crippen LogP contribution < -0.4 is 9.64 Å². The Hall–Kier alpha value is -2.77. The number of benzene rings is 1. The first-order valence-corrected chi connectivity index (χ1v) is 8.24. The highest BCUT2D eigenvalue weighted by Gasteiger charge is 2.26. The van der Waals surface area contributed by atoms with E-state index in [0.29, 0.717) is 5.52 Å². The molecule has 2 aromatic heterocycles. The van der Waals surface area contributed by atoms with Gasteiger partial charge in [0, 0.05) is 37.5 Å². The van der Waals surface area contributed by atoms with E-state index in [1.54, 1.807) is 12.4 Å². The van der Waals surface area contributed by atoms with Crippen molar-refractivity contribution < 1.29 is 9.13 Å². The molecule has 0 saturated carbocycles. The Morgan fingerprint density at radius 1 is 1.28 bits per heavy atom. The van der Waals surface area contributed by atoms with E-state index in [2.05, 4.69) is 25.1 Å². The number of hydrogen-bond acceptors (Lipinski definition) is 6. The number of aryl methyl sites for hydroxylation is 1. The third-order valence-corrected chi connectivity index (χ3v) is 4.72. The third kappa shape index (κ3) is 2.77. The maximum Gasteiger partial charge on any atom is 0.167 e. The van der Waals surface area contributed by atoms with Crippen molar-refractivity contribution in [3.8, 4) is 5.75 Å². The van der Waals surface area contributed by atoms with Gasteiger partial charge in [-0.2, -0.15) is 0 Å².